The highest BCUT2D eigenvalue weighted by Crippen LogP contribution is 2.16. The van der Waals surface area contributed by atoms with Crippen molar-refractivity contribution in [3.05, 3.63) is 23.4 Å². The van der Waals surface area contributed by atoms with Crippen molar-refractivity contribution in [1.29, 1.82) is 0 Å². The van der Waals surface area contributed by atoms with Crippen LogP contribution in [0.25, 0.3) is 0 Å². The summed E-state index contributed by atoms with van der Waals surface area (Å²) < 4.78 is 11.3. The molecule has 4 heteroatoms. The van der Waals surface area contributed by atoms with Crippen LogP contribution in [0.15, 0.2) is 12.1 Å². The summed E-state index contributed by atoms with van der Waals surface area (Å²) in [4.78, 5) is 4.33. The molecule has 2 N–H and O–H groups in total. The molecule has 94 valence electrons. The molecular weight excluding hydrogens is 216 g/mol. The minimum absolute atomic E-state index is 0.215. The zero-order chi connectivity index (χ0) is 12.1. The Hall–Kier alpha value is -1.13. The molecule has 2 heterocycles. The van der Waals surface area contributed by atoms with Crippen molar-refractivity contribution in [1.82, 2.24) is 4.98 Å². The highest BCUT2D eigenvalue weighted by Gasteiger charge is 2.14. The molecule has 0 aromatic carbocycles. The molecule has 1 aliphatic rings. The smallest absolute Gasteiger partial charge is 0.213 e. The Morgan fingerprint density at radius 2 is 2.35 bits per heavy atom. The summed E-state index contributed by atoms with van der Waals surface area (Å²) in [5.41, 5.74) is 7.61. The van der Waals surface area contributed by atoms with Crippen LogP contribution in [0.2, 0.25) is 0 Å². The van der Waals surface area contributed by atoms with Crippen LogP contribution in [0.3, 0.4) is 0 Å². The van der Waals surface area contributed by atoms with E-state index in [0.29, 0.717) is 19.0 Å². The van der Waals surface area contributed by atoms with E-state index in [2.05, 4.69) is 4.98 Å². The van der Waals surface area contributed by atoms with Crippen molar-refractivity contribution < 1.29 is 9.47 Å². The molecule has 17 heavy (non-hydrogen) atoms. The van der Waals surface area contributed by atoms with Crippen LogP contribution in [0.4, 0.5) is 0 Å². The molecule has 0 spiro atoms. The van der Waals surface area contributed by atoms with Gasteiger partial charge in [-0.25, -0.2) is 4.98 Å². The number of ether oxygens (including phenoxy) is 2. The molecular formula is C13H20N2O2. The monoisotopic (exact) mass is 236 g/mol. The number of aryl methyl sites for hydroxylation is 1. The average molecular weight is 236 g/mol. The third kappa shape index (κ3) is 3.68. The van der Waals surface area contributed by atoms with E-state index >= 15 is 0 Å². The lowest BCUT2D eigenvalue weighted by atomic mass is 10.1. The van der Waals surface area contributed by atoms with Crippen LogP contribution in [0, 0.1) is 6.92 Å². The highest BCUT2D eigenvalue weighted by atomic mass is 16.5. The summed E-state index contributed by atoms with van der Waals surface area (Å²) in [5, 5.41) is 0. The molecule has 0 saturated carbocycles. The van der Waals surface area contributed by atoms with E-state index in [-0.39, 0.29) is 6.10 Å². The predicted octanol–water partition coefficient (Wildman–Crippen LogP) is 1.80. The molecule has 1 aromatic heterocycles. The van der Waals surface area contributed by atoms with Gasteiger partial charge in [0.05, 0.1) is 6.10 Å². The molecule has 4 nitrogen and oxygen atoms in total. The lowest BCUT2D eigenvalue weighted by molar-refractivity contribution is -0.0119. The van der Waals surface area contributed by atoms with Crippen LogP contribution in [0.1, 0.15) is 30.5 Å². The summed E-state index contributed by atoms with van der Waals surface area (Å²) in [7, 11) is 0. The van der Waals surface area contributed by atoms with Gasteiger partial charge in [-0.15, -0.1) is 0 Å². The van der Waals surface area contributed by atoms with E-state index in [0.717, 1.165) is 30.7 Å². The third-order valence-electron chi connectivity index (χ3n) is 2.92. The maximum absolute atomic E-state index is 5.68. The zero-order valence-corrected chi connectivity index (χ0v) is 10.3. The lowest BCUT2D eigenvalue weighted by Crippen LogP contribution is -2.26. The maximum atomic E-state index is 5.68. The van der Waals surface area contributed by atoms with Crippen molar-refractivity contribution in [2.24, 2.45) is 5.73 Å². The topological polar surface area (TPSA) is 57.4 Å². The lowest BCUT2D eigenvalue weighted by Gasteiger charge is -2.22. The molecule has 1 fully saturated rings. The predicted molar refractivity (Wildman–Crippen MR) is 66.0 cm³/mol. The Bertz CT molecular complexity index is 362. The van der Waals surface area contributed by atoms with Crippen molar-refractivity contribution in [2.75, 3.05) is 13.2 Å². The van der Waals surface area contributed by atoms with Crippen LogP contribution in [-0.2, 0) is 11.3 Å². The fraction of sp³-hybridized carbons (Fsp3) is 0.615. The van der Waals surface area contributed by atoms with Crippen molar-refractivity contribution in [3.8, 4) is 5.88 Å². The largest absolute Gasteiger partial charge is 0.475 e. The molecule has 1 aromatic rings. The average Bonchev–Trinajstić information content (AvgIpc) is 2.37. The Labute approximate surface area is 102 Å². The van der Waals surface area contributed by atoms with E-state index < -0.39 is 0 Å². The van der Waals surface area contributed by atoms with Gasteiger partial charge in [-0.1, -0.05) is 0 Å². The Morgan fingerprint density at radius 1 is 1.47 bits per heavy atom. The van der Waals surface area contributed by atoms with E-state index in [4.69, 9.17) is 15.2 Å². The van der Waals surface area contributed by atoms with Crippen LogP contribution >= 0.6 is 0 Å². The second-order valence-electron chi connectivity index (χ2n) is 4.46. The summed E-state index contributed by atoms with van der Waals surface area (Å²) in [5.74, 6) is 0.652. The Balaban J connectivity index is 1.91. The van der Waals surface area contributed by atoms with E-state index in [1.165, 1.54) is 6.42 Å². The fourth-order valence-corrected chi connectivity index (χ4v) is 2.02. The van der Waals surface area contributed by atoms with Gasteiger partial charge in [-0.05, 0) is 37.8 Å². The molecule has 1 saturated heterocycles. The summed E-state index contributed by atoms with van der Waals surface area (Å²) in [6, 6.07) is 3.87. The minimum atomic E-state index is 0.215. The van der Waals surface area contributed by atoms with Gasteiger partial charge in [0.2, 0.25) is 5.88 Å². The first-order valence-electron chi connectivity index (χ1n) is 6.20. The quantitative estimate of drug-likeness (QED) is 0.866. The molecule has 1 unspecified atom stereocenters. The Kier molecular flexibility index (Phi) is 4.34. The molecule has 0 amide bonds. The summed E-state index contributed by atoms with van der Waals surface area (Å²) >= 11 is 0. The van der Waals surface area contributed by atoms with Crippen LogP contribution in [0.5, 0.6) is 5.88 Å². The van der Waals surface area contributed by atoms with Gasteiger partial charge in [0.1, 0.15) is 6.61 Å². The molecule has 1 atom stereocenters. The number of nitrogens with zero attached hydrogens (tertiary/aromatic N) is 1. The normalized spacial score (nSPS) is 20.2. The standard InChI is InChI=1S/C13H20N2O2/c1-10-6-11(8-14)7-13(15-10)17-9-12-4-2-3-5-16-12/h6-7,12H,2-5,8-9,14H2,1H3. The number of hydrogen-bond acceptors (Lipinski definition) is 4. The summed E-state index contributed by atoms with van der Waals surface area (Å²) in [6.45, 7) is 3.90. The van der Waals surface area contributed by atoms with E-state index in [1.807, 2.05) is 19.1 Å². The first-order chi connectivity index (χ1) is 8.28. The van der Waals surface area contributed by atoms with Crippen molar-refractivity contribution >= 4 is 0 Å². The maximum Gasteiger partial charge on any atom is 0.213 e. The van der Waals surface area contributed by atoms with Crippen molar-refractivity contribution in [3.63, 3.8) is 0 Å². The fourth-order valence-electron chi connectivity index (χ4n) is 2.02. The van der Waals surface area contributed by atoms with Crippen LogP contribution < -0.4 is 10.5 Å². The SMILES string of the molecule is Cc1cc(CN)cc(OCC2CCCCO2)n1. The molecule has 2 rings (SSSR count). The van der Waals surface area contributed by atoms with Crippen LogP contribution in [-0.4, -0.2) is 24.3 Å². The second kappa shape index (κ2) is 5.98. The van der Waals surface area contributed by atoms with Gasteiger partial charge in [0.25, 0.3) is 0 Å². The number of aromatic nitrogens is 1. The molecule has 0 aliphatic carbocycles. The number of hydrogen-bond donors (Lipinski definition) is 1. The third-order valence-corrected chi connectivity index (χ3v) is 2.92. The first-order valence-corrected chi connectivity index (χ1v) is 6.20. The van der Waals surface area contributed by atoms with E-state index in [9.17, 15) is 0 Å². The van der Waals surface area contributed by atoms with Gasteiger partial charge in [-0.2, -0.15) is 0 Å². The van der Waals surface area contributed by atoms with Gasteiger partial charge < -0.3 is 15.2 Å². The number of rotatable bonds is 4. The van der Waals surface area contributed by atoms with E-state index in [1.54, 1.807) is 0 Å². The van der Waals surface area contributed by atoms with Crippen molar-refractivity contribution in [2.45, 2.75) is 38.8 Å². The minimum Gasteiger partial charge on any atom is -0.475 e. The molecule has 0 radical (unpaired) electrons. The van der Waals surface area contributed by atoms with Gasteiger partial charge in [0.15, 0.2) is 0 Å². The second-order valence-corrected chi connectivity index (χ2v) is 4.46. The highest BCUT2D eigenvalue weighted by molar-refractivity contribution is 5.24. The molecule has 1 aliphatic heterocycles. The van der Waals surface area contributed by atoms with Gasteiger partial charge in [-0.3, -0.25) is 0 Å². The number of nitrogens with two attached hydrogens (primary N) is 1. The van der Waals surface area contributed by atoms with Gasteiger partial charge in [0, 0.05) is 24.9 Å². The summed E-state index contributed by atoms with van der Waals surface area (Å²) in [6.07, 6.45) is 3.68. The zero-order valence-electron chi connectivity index (χ0n) is 10.3. The molecule has 0 bridgehead atoms. The van der Waals surface area contributed by atoms with Gasteiger partial charge >= 0.3 is 0 Å². The number of pyridine rings is 1. The Morgan fingerprint density at radius 3 is 3.06 bits per heavy atom. The first kappa shape index (κ1) is 12.3.